The molecule has 0 aliphatic rings. The number of benzene rings is 2. The number of aryl methyl sites for hydroxylation is 1. The Morgan fingerprint density at radius 2 is 1.57 bits per heavy atom. The van der Waals surface area contributed by atoms with Crippen LogP contribution in [0.2, 0.25) is 0 Å². The van der Waals surface area contributed by atoms with Crippen LogP contribution in [0.4, 0.5) is 0 Å². The van der Waals surface area contributed by atoms with Gasteiger partial charge in [0.2, 0.25) is 0 Å². The topological polar surface area (TPSA) is 26.0 Å². The number of hydrogen-bond donors (Lipinski definition) is 1. The van der Waals surface area contributed by atoms with Gasteiger partial charge in [-0.2, -0.15) is 0 Å². The number of rotatable bonds is 4. The van der Waals surface area contributed by atoms with E-state index in [0.717, 1.165) is 12.0 Å². The maximum atomic E-state index is 5.54. The van der Waals surface area contributed by atoms with Crippen LogP contribution in [0.25, 0.3) is 5.57 Å². The standard InChI is InChI=1S/C18H19N.C2H6/c1-15-7-10-17(11-8-15)18(13-14-19)12-9-16-5-3-2-4-6-16;1-2/h2-8,10-14H,9,19H2,1H3;1-2H3/b14-13-,18-12+;. The van der Waals surface area contributed by atoms with E-state index in [-0.39, 0.29) is 0 Å². The van der Waals surface area contributed by atoms with Crippen LogP contribution < -0.4 is 5.73 Å². The van der Waals surface area contributed by atoms with E-state index in [1.54, 1.807) is 6.20 Å². The van der Waals surface area contributed by atoms with Gasteiger partial charge < -0.3 is 5.73 Å². The van der Waals surface area contributed by atoms with Crippen LogP contribution in [0.1, 0.15) is 30.5 Å². The molecule has 1 nitrogen and oxygen atoms in total. The highest BCUT2D eigenvalue weighted by molar-refractivity contribution is 5.74. The van der Waals surface area contributed by atoms with E-state index in [0.29, 0.717) is 0 Å². The molecule has 0 fully saturated rings. The summed E-state index contributed by atoms with van der Waals surface area (Å²) >= 11 is 0. The molecule has 0 heterocycles. The van der Waals surface area contributed by atoms with Crippen molar-refractivity contribution in [1.82, 2.24) is 0 Å². The molecule has 0 aromatic heterocycles. The van der Waals surface area contributed by atoms with Gasteiger partial charge in [-0.25, -0.2) is 0 Å². The third-order valence-corrected chi connectivity index (χ3v) is 3.06. The second-order valence-electron chi connectivity index (χ2n) is 4.57. The Morgan fingerprint density at radius 3 is 2.14 bits per heavy atom. The monoisotopic (exact) mass is 279 g/mol. The summed E-state index contributed by atoms with van der Waals surface area (Å²) in [6, 6.07) is 18.9. The lowest BCUT2D eigenvalue weighted by Gasteiger charge is -2.04. The zero-order valence-corrected chi connectivity index (χ0v) is 13.2. The fraction of sp³-hybridized carbons (Fsp3) is 0.200. The molecule has 0 unspecified atom stereocenters. The van der Waals surface area contributed by atoms with Crippen molar-refractivity contribution in [2.75, 3.05) is 0 Å². The number of nitrogens with two attached hydrogens (primary N) is 1. The summed E-state index contributed by atoms with van der Waals surface area (Å²) in [7, 11) is 0. The van der Waals surface area contributed by atoms with E-state index in [1.807, 2.05) is 26.0 Å². The van der Waals surface area contributed by atoms with Gasteiger partial charge >= 0.3 is 0 Å². The molecular formula is C20H25N. The Bertz CT molecular complexity index is 563. The molecule has 0 atom stereocenters. The van der Waals surface area contributed by atoms with Gasteiger partial charge in [-0.1, -0.05) is 80.1 Å². The Kier molecular flexibility index (Phi) is 7.67. The Morgan fingerprint density at radius 1 is 0.952 bits per heavy atom. The Labute approximate surface area is 128 Å². The van der Waals surface area contributed by atoms with Crippen molar-refractivity contribution >= 4 is 5.57 Å². The van der Waals surface area contributed by atoms with Crippen molar-refractivity contribution in [3.05, 3.63) is 89.6 Å². The summed E-state index contributed by atoms with van der Waals surface area (Å²) in [5.74, 6) is 0. The van der Waals surface area contributed by atoms with Gasteiger partial charge in [0.05, 0.1) is 0 Å². The summed E-state index contributed by atoms with van der Waals surface area (Å²) < 4.78 is 0. The number of hydrogen-bond acceptors (Lipinski definition) is 1. The summed E-state index contributed by atoms with van der Waals surface area (Å²) in [5.41, 5.74) is 10.5. The van der Waals surface area contributed by atoms with Crippen molar-refractivity contribution in [2.24, 2.45) is 5.73 Å². The summed E-state index contributed by atoms with van der Waals surface area (Å²) in [4.78, 5) is 0. The third kappa shape index (κ3) is 5.70. The Balaban J connectivity index is 0.00000106. The first kappa shape index (κ1) is 16.8. The van der Waals surface area contributed by atoms with Crippen LogP contribution in [-0.4, -0.2) is 0 Å². The summed E-state index contributed by atoms with van der Waals surface area (Å²) in [6.45, 7) is 6.09. The summed E-state index contributed by atoms with van der Waals surface area (Å²) in [6.07, 6.45) is 6.67. The average Bonchev–Trinajstić information content (AvgIpc) is 2.55. The van der Waals surface area contributed by atoms with Crippen LogP contribution in [0.3, 0.4) is 0 Å². The molecule has 1 heteroatoms. The van der Waals surface area contributed by atoms with Gasteiger partial charge in [0, 0.05) is 0 Å². The maximum Gasteiger partial charge on any atom is -0.00563 e. The first-order valence-electron chi connectivity index (χ1n) is 7.49. The molecule has 2 aromatic rings. The van der Waals surface area contributed by atoms with Crippen molar-refractivity contribution in [2.45, 2.75) is 27.2 Å². The van der Waals surface area contributed by atoms with Gasteiger partial charge in [-0.3, -0.25) is 0 Å². The normalized spacial score (nSPS) is 11.1. The average molecular weight is 279 g/mol. The maximum absolute atomic E-state index is 5.54. The molecule has 2 rings (SSSR count). The van der Waals surface area contributed by atoms with Crippen LogP contribution in [0.5, 0.6) is 0 Å². The minimum atomic E-state index is 0.911. The molecule has 0 aliphatic carbocycles. The van der Waals surface area contributed by atoms with Gasteiger partial charge in [-0.05, 0) is 42.3 Å². The summed E-state index contributed by atoms with van der Waals surface area (Å²) in [5, 5.41) is 0. The van der Waals surface area contributed by atoms with Crippen molar-refractivity contribution < 1.29 is 0 Å². The predicted molar refractivity (Wildman–Crippen MR) is 94.0 cm³/mol. The van der Waals surface area contributed by atoms with Gasteiger partial charge in [-0.15, -0.1) is 0 Å². The third-order valence-electron chi connectivity index (χ3n) is 3.06. The van der Waals surface area contributed by atoms with E-state index in [2.05, 4.69) is 61.5 Å². The first-order valence-corrected chi connectivity index (χ1v) is 7.49. The smallest absolute Gasteiger partial charge is 0.00563 e. The SMILES string of the molecule is CC.Cc1ccc(C(/C=C\N)=C/Cc2ccccc2)cc1. The van der Waals surface area contributed by atoms with Crippen LogP contribution in [0, 0.1) is 6.92 Å². The molecular weight excluding hydrogens is 254 g/mol. The van der Waals surface area contributed by atoms with E-state index in [9.17, 15) is 0 Å². The predicted octanol–water partition coefficient (Wildman–Crippen LogP) is 5.12. The minimum Gasteiger partial charge on any atom is -0.405 e. The van der Waals surface area contributed by atoms with Gasteiger partial charge in [0.1, 0.15) is 0 Å². The molecule has 0 bridgehead atoms. The molecule has 0 saturated heterocycles. The van der Waals surface area contributed by atoms with E-state index >= 15 is 0 Å². The minimum absolute atomic E-state index is 0.911. The molecule has 0 radical (unpaired) electrons. The lowest BCUT2D eigenvalue weighted by molar-refractivity contribution is 1.27. The number of allylic oxidation sites excluding steroid dienone is 3. The Hall–Kier alpha value is -2.28. The zero-order valence-electron chi connectivity index (χ0n) is 13.2. The van der Waals surface area contributed by atoms with Crippen LogP contribution >= 0.6 is 0 Å². The van der Waals surface area contributed by atoms with E-state index < -0.39 is 0 Å². The van der Waals surface area contributed by atoms with Crippen molar-refractivity contribution in [1.29, 1.82) is 0 Å². The van der Waals surface area contributed by atoms with Gasteiger partial charge in [0.15, 0.2) is 0 Å². The highest BCUT2D eigenvalue weighted by Crippen LogP contribution is 2.17. The first-order chi connectivity index (χ1) is 10.3. The highest BCUT2D eigenvalue weighted by atomic mass is 14.5. The highest BCUT2D eigenvalue weighted by Gasteiger charge is 1.98. The molecule has 2 aromatic carbocycles. The fourth-order valence-electron chi connectivity index (χ4n) is 1.97. The quantitative estimate of drug-likeness (QED) is 0.772. The molecule has 2 N–H and O–H groups in total. The van der Waals surface area contributed by atoms with Crippen LogP contribution in [0.15, 0.2) is 72.9 Å². The fourth-order valence-corrected chi connectivity index (χ4v) is 1.97. The lowest BCUT2D eigenvalue weighted by atomic mass is 10.0. The molecule has 21 heavy (non-hydrogen) atoms. The second kappa shape index (κ2) is 9.60. The molecule has 0 saturated carbocycles. The molecule has 0 aliphatic heterocycles. The van der Waals surface area contributed by atoms with Crippen molar-refractivity contribution in [3.63, 3.8) is 0 Å². The zero-order chi connectivity index (χ0) is 15.5. The lowest BCUT2D eigenvalue weighted by Crippen LogP contribution is -1.87. The molecule has 0 spiro atoms. The van der Waals surface area contributed by atoms with Crippen LogP contribution in [-0.2, 0) is 6.42 Å². The molecule has 110 valence electrons. The van der Waals surface area contributed by atoms with Gasteiger partial charge in [0.25, 0.3) is 0 Å². The van der Waals surface area contributed by atoms with Crippen molar-refractivity contribution in [3.8, 4) is 0 Å². The van der Waals surface area contributed by atoms with E-state index in [1.165, 1.54) is 16.7 Å². The largest absolute Gasteiger partial charge is 0.405 e. The van der Waals surface area contributed by atoms with E-state index in [4.69, 9.17) is 5.73 Å². The second-order valence-corrected chi connectivity index (χ2v) is 4.57. The molecule has 0 amide bonds.